The Morgan fingerprint density at radius 3 is 2.38 bits per heavy atom. The first kappa shape index (κ1) is 18.1. The number of methoxy groups -OCH3 is 1. The maximum absolute atomic E-state index is 11.8. The van der Waals surface area contributed by atoms with Crippen molar-refractivity contribution < 1.29 is 14.3 Å². The number of ether oxygens (including phenoxy) is 1. The van der Waals surface area contributed by atoms with E-state index in [4.69, 9.17) is 27.9 Å². The van der Waals surface area contributed by atoms with Gasteiger partial charge in [0.15, 0.2) is 0 Å². The highest BCUT2D eigenvalue weighted by molar-refractivity contribution is 6.39. The molecule has 0 aromatic heterocycles. The van der Waals surface area contributed by atoms with Crippen molar-refractivity contribution in [2.45, 2.75) is 6.42 Å². The zero-order chi connectivity index (χ0) is 17.5. The smallest absolute Gasteiger partial charge is 0.313 e. The second-order valence-electron chi connectivity index (χ2n) is 4.92. The van der Waals surface area contributed by atoms with Gasteiger partial charge in [-0.05, 0) is 48.4 Å². The van der Waals surface area contributed by atoms with E-state index in [0.29, 0.717) is 27.9 Å². The van der Waals surface area contributed by atoms with Gasteiger partial charge in [-0.15, -0.1) is 0 Å². The lowest BCUT2D eigenvalue weighted by molar-refractivity contribution is -0.136. The van der Waals surface area contributed by atoms with Gasteiger partial charge in [0.05, 0.1) is 7.11 Å². The van der Waals surface area contributed by atoms with Crippen molar-refractivity contribution in [1.82, 2.24) is 5.32 Å². The molecule has 0 spiro atoms. The molecule has 2 aromatic carbocycles. The molecule has 0 unspecified atom stereocenters. The monoisotopic (exact) mass is 366 g/mol. The van der Waals surface area contributed by atoms with Crippen LogP contribution < -0.4 is 15.4 Å². The van der Waals surface area contributed by atoms with Crippen LogP contribution in [0.1, 0.15) is 5.56 Å². The van der Waals surface area contributed by atoms with Crippen molar-refractivity contribution in [3.63, 3.8) is 0 Å². The Bertz CT molecular complexity index is 733. The first-order chi connectivity index (χ1) is 11.5. The van der Waals surface area contributed by atoms with Crippen LogP contribution in [0, 0.1) is 0 Å². The summed E-state index contributed by atoms with van der Waals surface area (Å²) in [7, 11) is 1.55. The minimum absolute atomic E-state index is 0.288. The van der Waals surface area contributed by atoms with Crippen LogP contribution in [0.4, 0.5) is 5.69 Å². The van der Waals surface area contributed by atoms with Crippen LogP contribution in [0.2, 0.25) is 10.0 Å². The SMILES string of the molecule is COc1ccc(NC(=O)C(=O)NCCc2ccc(Cl)cc2Cl)cc1. The lowest BCUT2D eigenvalue weighted by Crippen LogP contribution is -2.36. The number of rotatable bonds is 5. The molecule has 0 heterocycles. The predicted molar refractivity (Wildman–Crippen MR) is 94.8 cm³/mol. The quantitative estimate of drug-likeness (QED) is 0.797. The summed E-state index contributed by atoms with van der Waals surface area (Å²) in [6.45, 7) is 0.288. The average Bonchev–Trinajstić information content (AvgIpc) is 2.57. The largest absolute Gasteiger partial charge is 0.497 e. The first-order valence-corrected chi connectivity index (χ1v) is 7.92. The molecule has 0 aliphatic heterocycles. The minimum atomic E-state index is -0.734. The van der Waals surface area contributed by atoms with Crippen molar-refractivity contribution in [3.8, 4) is 5.75 Å². The topological polar surface area (TPSA) is 67.4 Å². The van der Waals surface area contributed by atoms with Crippen molar-refractivity contribution in [1.29, 1.82) is 0 Å². The Morgan fingerprint density at radius 2 is 1.75 bits per heavy atom. The molecular formula is C17H16Cl2N2O3. The maximum atomic E-state index is 11.8. The molecule has 2 aromatic rings. The summed E-state index contributed by atoms with van der Waals surface area (Å²) in [5, 5.41) is 6.13. The van der Waals surface area contributed by atoms with E-state index in [9.17, 15) is 9.59 Å². The fourth-order valence-corrected chi connectivity index (χ4v) is 2.48. The van der Waals surface area contributed by atoms with Gasteiger partial charge in [0.2, 0.25) is 0 Å². The number of anilines is 1. The minimum Gasteiger partial charge on any atom is -0.497 e. The third-order valence-corrected chi connectivity index (χ3v) is 3.84. The summed E-state index contributed by atoms with van der Waals surface area (Å²) in [4.78, 5) is 23.6. The molecule has 2 N–H and O–H groups in total. The zero-order valence-electron chi connectivity index (χ0n) is 12.9. The molecular weight excluding hydrogens is 351 g/mol. The Balaban J connectivity index is 1.81. The molecule has 0 bridgehead atoms. The van der Waals surface area contributed by atoms with Crippen LogP contribution in [0.25, 0.3) is 0 Å². The van der Waals surface area contributed by atoms with E-state index >= 15 is 0 Å². The third kappa shape index (κ3) is 5.15. The van der Waals surface area contributed by atoms with E-state index in [1.807, 2.05) is 0 Å². The summed E-state index contributed by atoms with van der Waals surface area (Å²) in [6, 6.07) is 11.8. The van der Waals surface area contributed by atoms with Gasteiger partial charge >= 0.3 is 11.8 Å². The van der Waals surface area contributed by atoms with Crippen LogP contribution in [0.3, 0.4) is 0 Å². The van der Waals surface area contributed by atoms with E-state index in [1.165, 1.54) is 0 Å². The molecule has 0 aliphatic carbocycles. The number of hydrogen-bond donors (Lipinski definition) is 2. The van der Waals surface area contributed by atoms with Gasteiger partial charge in [-0.25, -0.2) is 0 Å². The molecule has 5 nitrogen and oxygen atoms in total. The van der Waals surface area contributed by atoms with Crippen LogP contribution in [0.15, 0.2) is 42.5 Å². The van der Waals surface area contributed by atoms with E-state index in [1.54, 1.807) is 49.6 Å². The lowest BCUT2D eigenvalue weighted by atomic mass is 10.1. The first-order valence-electron chi connectivity index (χ1n) is 7.17. The average molecular weight is 367 g/mol. The molecule has 24 heavy (non-hydrogen) atoms. The van der Waals surface area contributed by atoms with Gasteiger partial charge in [-0.1, -0.05) is 29.3 Å². The molecule has 0 aliphatic rings. The summed E-state index contributed by atoms with van der Waals surface area (Å²) in [5.74, 6) is -0.782. The van der Waals surface area contributed by atoms with Gasteiger partial charge < -0.3 is 15.4 Å². The van der Waals surface area contributed by atoms with Gasteiger partial charge in [-0.2, -0.15) is 0 Å². The van der Waals surface area contributed by atoms with Crippen molar-refractivity contribution in [2.24, 2.45) is 0 Å². The van der Waals surface area contributed by atoms with E-state index < -0.39 is 11.8 Å². The summed E-state index contributed by atoms with van der Waals surface area (Å²) in [6.07, 6.45) is 0.498. The fourth-order valence-electron chi connectivity index (χ4n) is 1.98. The highest BCUT2D eigenvalue weighted by Gasteiger charge is 2.13. The standard InChI is InChI=1S/C17H16Cl2N2O3/c1-24-14-6-4-13(5-7-14)21-17(23)16(22)20-9-8-11-2-3-12(18)10-15(11)19/h2-7,10H,8-9H2,1H3,(H,20,22)(H,21,23). The molecule has 0 fully saturated rings. The van der Waals surface area contributed by atoms with Gasteiger partial charge in [0.1, 0.15) is 5.75 Å². The van der Waals surface area contributed by atoms with E-state index in [0.717, 1.165) is 5.56 Å². The highest BCUT2D eigenvalue weighted by Crippen LogP contribution is 2.21. The van der Waals surface area contributed by atoms with Crippen LogP contribution in [-0.4, -0.2) is 25.5 Å². The van der Waals surface area contributed by atoms with Gasteiger partial charge in [0, 0.05) is 22.3 Å². The number of carbonyl (C=O) groups excluding carboxylic acids is 2. The normalized spacial score (nSPS) is 10.1. The molecule has 0 saturated carbocycles. The highest BCUT2D eigenvalue weighted by atomic mass is 35.5. The lowest BCUT2D eigenvalue weighted by Gasteiger charge is -2.08. The third-order valence-electron chi connectivity index (χ3n) is 3.25. The van der Waals surface area contributed by atoms with Crippen molar-refractivity contribution in [2.75, 3.05) is 19.0 Å². The maximum Gasteiger partial charge on any atom is 0.313 e. The van der Waals surface area contributed by atoms with Gasteiger partial charge in [0.25, 0.3) is 0 Å². The number of carbonyl (C=O) groups is 2. The van der Waals surface area contributed by atoms with E-state index in [2.05, 4.69) is 10.6 Å². The summed E-state index contributed by atoms with van der Waals surface area (Å²) >= 11 is 11.9. The molecule has 0 atom stereocenters. The van der Waals surface area contributed by atoms with Crippen LogP contribution in [-0.2, 0) is 16.0 Å². The van der Waals surface area contributed by atoms with Crippen molar-refractivity contribution >= 4 is 40.7 Å². The van der Waals surface area contributed by atoms with E-state index in [-0.39, 0.29) is 6.54 Å². The summed E-state index contributed by atoms with van der Waals surface area (Å²) in [5.41, 5.74) is 1.36. The summed E-state index contributed by atoms with van der Waals surface area (Å²) < 4.78 is 5.02. The number of benzene rings is 2. The Morgan fingerprint density at radius 1 is 1.04 bits per heavy atom. The Labute approximate surface area is 149 Å². The number of hydrogen-bond acceptors (Lipinski definition) is 3. The van der Waals surface area contributed by atoms with Gasteiger partial charge in [-0.3, -0.25) is 9.59 Å². The second-order valence-corrected chi connectivity index (χ2v) is 5.77. The second kappa shape index (κ2) is 8.57. The Kier molecular flexibility index (Phi) is 6.46. The molecule has 0 radical (unpaired) electrons. The molecule has 2 rings (SSSR count). The molecule has 126 valence electrons. The Hall–Kier alpha value is -2.24. The number of amides is 2. The number of halogens is 2. The molecule has 0 saturated heterocycles. The van der Waals surface area contributed by atoms with Crippen LogP contribution >= 0.6 is 23.2 Å². The number of nitrogens with one attached hydrogen (secondary N) is 2. The molecule has 7 heteroatoms. The van der Waals surface area contributed by atoms with Crippen molar-refractivity contribution in [3.05, 3.63) is 58.1 Å². The predicted octanol–water partition coefficient (Wildman–Crippen LogP) is 3.30. The fraction of sp³-hybridized carbons (Fsp3) is 0.176. The molecule has 2 amide bonds. The zero-order valence-corrected chi connectivity index (χ0v) is 14.4. The van der Waals surface area contributed by atoms with Crippen LogP contribution in [0.5, 0.6) is 5.75 Å².